The largest absolute Gasteiger partial charge is 0.377 e. The molecule has 1 saturated heterocycles. The summed E-state index contributed by atoms with van der Waals surface area (Å²) in [5, 5.41) is 3.80. The van der Waals surface area contributed by atoms with Crippen molar-refractivity contribution in [3.8, 4) is 0 Å². The summed E-state index contributed by atoms with van der Waals surface area (Å²) < 4.78 is 11.1. The van der Waals surface area contributed by atoms with Gasteiger partial charge in [-0.05, 0) is 31.7 Å². The van der Waals surface area contributed by atoms with Crippen LogP contribution in [0.15, 0.2) is 0 Å². The Morgan fingerprint density at radius 1 is 1.00 bits per heavy atom. The fraction of sp³-hybridized carbons (Fsp3) is 1.00. The summed E-state index contributed by atoms with van der Waals surface area (Å²) >= 11 is 0. The first-order valence-corrected chi connectivity index (χ1v) is 8.79. The van der Waals surface area contributed by atoms with Crippen LogP contribution in [-0.2, 0) is 9.47 Å². The van der Waals surface area contributed by atoms with Crippen molar-refractivity contribution in [1.29, 1.82) is 0 Å². The molecule has 1 N–H and O–H groups in total. The second-order valence-electron chi connectivity index (χ2n) is 6.73. The second kappa shape index (κ2) is 9.09. The van der Waals surface area contributed by atoms with E-state index < -0.39 is 0 Å². The van der Waals surface area contributed by atoms with Crippen LogP contribution in [0.3, 0.4) is 0 Å². The Labute approximate surface area is 130 Å². The van der Waals surface area contributed by atoms with Crippen LogP contribution in [0.1, 0.15) is 45.4 Å². The van der Waals surface area contributed by atoms with Crippen LogP contribution in [0.25, 0.3) is 0 Å². The van der Waals surface area contributed by atoms with Gasteiger partial charge in [0.1, 0.15) is 0 Å². The first-order valence-electron chi connectivity index (χ1n) is 8.79. The van der Waals surface area contributed by atoms with Crippen molar-refractivity contribution < 1.29 is 9.47 Å². The lowest BCUT2D eigenvalue weighted by atomic mass is 9.94. The average Bonchev–Trinajstić information content (AvgIpc) is 2.77. The summed E-state index contributed by atoms with van der Waals surface area (Å²) in [4.78, 5) is 2.55. The maximum Gasteiger partial charge on any atom is 0.0971 e. The lowest BCUT2D eigenvalue weighted by Crippen LogP contribution is -2.42. The first kappa shape index (κ1) is 17.2. The molecule has 0 aromatic rings. The summed E-state index contributed by atoms with van der Waals surface area (Å²) in [6, 6.07) is 0.704. The van der Waals surface area contributed by atoms with Gasteiger partial charge in [0.15, 0.2) is 0 Å². The highest BCUT2D eigenvalue weighted by atomic mass is 16.5. The van der Waals surface area contributed by atoms with E-state index in [-0.39, 0.29) is 12.2 Å². The Balaban J connectivity index is 1.88. The van der Waals surface area contributed by atoms with E-state index in [4.69, 9.17) is 9.47 Å². The van der Waals surface area contributed by atoms with Crippen molar-refractivity contribution in [1.82, 2.24) is 10.2 Å². The Morgan fingerprint density at radius 2 is 1.67 bits per heavy atom. The van der Waals surface area contributed by atoms with Gasteiger partial charge in [0.2, 0.25) is 0 Å². The molecule has 0 amide bonds. The van der Waals surface area contributed by atoms with E-state index >= 15 is 0 Å². The van der Waals surface area contributed by atoms with E-state index in [1.807, 2.05) is 0 Å². The van der Waals surface area contributed by atoms with Gasteiger partial charge in [-0.3, -0.25) is 4.90 Å². The summed E-state index contributed by atoms with van der Waals surface area (Å²) in [7, 11) is 3.61. The number of hydrogen-bond acceptors (Lipinski definition) is 4. The van der Waals surface area contributed by atoms with Gasteiger partial charge in [-0.1, -0.05) is 26.2 Å². The maximum absolute atomic E-state index is 5.57. The third-order valence-electron chi connectivity index (χ3n) is 5.20. The van der Waals surface area contributed by atoms with Gasteiger partial charge >= 0.3 is 0 Å². The minimum absolute atomic E-state index is 0.239. The van der Waals surface area contributed by atoms with E-state index in [1.165, 1.54) is 45.1 Å². The molecule has 4 unspecified atom stereocenters. The summed E-state index contributed by atoms with van der Waals surface area (Å²) in [6.45, 7) is 6.65. The zero-order valence-corrected chi connectivity index (χ0v) is 14.1. The Morgan fingerprint density at radius 3 is 2.29 bits per heavy atom. The molecule has 124 valence electrons. The quantitative estimate of drug-likeness (QED) is 0.731. The molecule has 0 bridgehead atoms. The van der Waals surface area contributed by atoms with Crippen LogP contribution in [0.5, 0.6) is 0 Å². The SMILES string of the molecule is CCCNC1CCCCCC1CN1CC(OC)C(OC)C1. The van der Waals surface area contributed by atoms with Crippen molar-refractivity contribution in [3.63, 3.8) is 0 Å². The molecule has 2 rings (SSSR count). The third-order valence-corrected chi connectivity index (χ3v) is 5.20. The number of hydrogen-bond donors (Lipinski definition) is 1. The first-order chi connectivity index (χ1) is 10.3. The van der Waals surface area contributed by atoms with Crippen LogP contribution < -0.4 is 5.32 Å². The molecule has 0 aromatic heterocycles. The zero-order valence-electron chi connectivity index (χ0n) is 14.1. The van der Waals surface area contributed by atoms with Crippen molar-refractivity contribution in [3.05, 3.63) is 0 Å². The average molecular weight is 298 g/mol. The van der Waals surface area contributed by atoms with Gasteiger partial charge in [0.25, 0.3) is 0 Å². The Hall–Kier alpha value is -0.160. The highest BCUT2D eigenvalue weighted by Crippen LogP contribution is 2.26. The normalized spacial score (nSPS) is 35.0. The fourth-order valence-electron chi connectivity index (χ4n) is 3.95. The number of rotatable bonds is 7. The number of likely N-dealkylation sites (tertiary alicyclic amines) is 1. The molecule has 21 heavy (non-hydrogen) atoms. The third kappa shape index (κ3) is 4.92. The van der Waals surface area contributed by atoms with Crippen molar-refractivity contribution in [2.45, 2.75) is 63.7 Å². The van der Waals surface area contributed by atoms with E-state index in [2.05, 4.69) is 17.1 Å². The standard InChI is InChI=1S/C17H34N2O2/c1-4-10-18-15-9-7-5-6-8-14(15)11-19-12-16(20-2)17(13-19)21-3/h14-18H,4-13H2,1-3H3. The molecular formula is C17H34N2O2. The number of methoxy groups -OCH3 is 2. The van der Waals surface area contributed by atoms with Gasteiger partial charge in [0, 0.05) is 39.9 Å². The predicted molar refractivity (Wildman–Crippen MR) is 86.7 cm³/mol. The van der Waals surface area contributed by atoms with E-state index in [9.17, 15) is 0 Å². The van der Waals surface area contributed by atoms with Gasteiger partial charge in [-0.2, -0.15) is 0 Å². The summed E-state index contributed by atoms with van der Waals surface area (Å²) in [5.41, 5.74) is 0. The molecule has 0 aromatic carbocycles. The van der Waals surface area contributed by atoms with Crippen LogP contribution in [0.2, 0.25) is 0 Å². The van der Waals surface area contributed by atoms with Crippen LogP contribution in [0.4, 0.5) is 0 Å². The molecule has 0 radical (unpaired) electrons. The van der Waals surface area contributed by atoms with E-state index in [1.54, 1.807) is 14.2 Å². The number of nitrogens with zero attached hydrogens (tertiary/aromatic N) is 1. The lowest BCUT2D eigenvalue weighted by Gasteiger charge is -2.30. The monoisotopic (exact) mass is 298 g/mol. The topological polar surface area (TPSA) is 33.7 Å². The predicted octanol–water partition coefficient (Wildman–Crippen LogP) is 2.28. The molecule has 0 spiro atoms. The highest BCUT2D eigenvalue weighted by Gasteiger charge is 2.35. The van der Waals surface area contributed by atoms with Crippen molar-refractivity contribution >= 4 is 0 Å². The minimum Gasteiger partial charge on any atom is -0.377 e. The highest BCUT2D eigenvalue weighted by molar-refractivity contribution is 4.89. The smallest absolute Gasteiger partial charge is 0.0971 e. The molecule has 2 aliphatic rings. The van der Waals surface area contributed by atoms with E-state index in [0.717, 1.165) is 25.6 Å². The van der Waals surface area contributed by atoms with Crippen molar-refractivity contribution in [2.24, 2.45) is 5.92 Å². The number of ether oxygens (including phenoxy) is 2. The van der Waals surface area contributed by atoms with Crippen LogP contribution >= 0.6 is 0 Å². The molecule has 4 nitrogen and oxygen atoms in total. The second-order valence-corrected chi connectivity index (χ2v) is 6.73. The fourth-order valence-corrected chi connectivity index (χ4v) is 3.95. The zero-order chi connectivity index (χ0) is 15.1. The molecule has 1 aliphatic carbocycles. The van der Waals surface area contributed by atoms with Crippen LogP contribution in [-0.4, -0.2) is 63.5 Å². The van der Waals surface area contributed by atoms with Gasteiger partial charge in [-0.15, -0.1) is 0 Å². The van der Waals surface area contributed by atoms with Gasteiger partial charge in [0.05, 0.1) is 12.2 Å². The minimum atomic E-state index is 0.239. The molecule has 2 fully saturated rings. The Kier molecular flexibility index (Phi) is 7.44. The van der Waals surface area contributed by atoms with E-state index in [0.29, 0.717) is 6.04 Å². The summed E-state index contributed by atoms with van der Waals surface area (Å²) in [6.07, 6.45) is 8.61. The van der Waals surface area contributed by atoms with Gasteiger partial charge in [-0.25, -0.2) is 0 Å². The summed E-state index contributed by atoms with van der Waals surface area (Å²) in [5.74, 6) is 0.784. The molecule has 1 heterocycles. The maximum atomic E-state index is 5.57. The molecule has 4 atom stereocenters. The van der Waals surface area contributed by atoms with Gasteiger partial charge < -0.3 is 14.8 Å². The Bertz CT molecular complexity index is 276. The molecule has 4 heteroatoms. The van der Waals surface area contributed by atoms with Crippen LogP contribution in [0, 0.1) is 5.92 Å². The van der Waals surface area contributed by atoms with Crippen molar-refractivity contribution in [2.75, 3.05) is 40.4 Å². The molecule has 1 saturated carbocycles. The lowest BCUT2D eigenvalue weighted by molar-refractivity contribution is -0.00461. The molecule has 1 aliphatic heterocycles. The number of nitrogens with one attached hydrogen (secondary N) is 1. The molecular weight excluding hydrogens is 264 g/mol.